The predicted octanol–water partition coefficient (Wildman–Crippen LogP) is 1.98. The third kappa shape index (κ3) is 3.51. The van der Waals surface area contributed by atoms with Crippen molar-refractivity contribution in [3.63, 3.8) is 0 Å². The molecular formula is C16H25N3O. The molecule has 2 rings (SSSR count). The topological polar surface area (TPSA) is 49.6 Å². The van der Waals surface area contributed by atoms with Gasteiger partial charge in [0, 0.05) is 31.4 Å². The summed E-state index contributed by atoms with van der Waals surface area (Å²) in [5.74, 6) is 0.235. The third-order valence-corrected chi connectivity index (χ3v) is 3.89. The Hall–Kier alpha value is -1.55. The van der Waals surface area contributed by atoms with Gasteiger partial charge >= 0.3 is 0 Å². The molecule has 1 fully saturated rings. The minimum absolute atomic E-state index is 0.235. The summed E-state index contributed by atoms with van der Waals surface area (Å²) >= 11 is 0. The number of likely N-dealkylation sites (tertiary alicyclic amines) is 1. The largest absolute Gasteiger partial charge is 0.360 e. The highest BCUT2D eigenvalue weighted by Gasteiger charge is 2.21. The van der Waals surface area contributed by atoms with E-state index in [4.69, 9.17) is 5.73 Å². The number of hydrogen-bond acceptors (Lipinski definition) is 3. The second-order valence-electron chi connectivity index (χ2n) is 5.68. The van der Waals surface area contributed by atoms with Crippen molar-refractivity contribution in [3.05, 3.63) is 29.8 Å². The second-order valence-corrected chi connectivity index (χ2v) is 5.68. The van der Waals surface area contributed by atoms with Gasteiger partial charge in [0.1, 0.15) is 0 Å². The average molecular weight is 275 g/mol. The molecule has 110 valence electrons. The Labute approximate surface area is 121 Å². The zero-order chi connectivity index (χ0) is 14.5. The summed E-state index contributed by atoms with van der Waals surface area (Å²) in [6.07, 6.45) is 2.28. The van der Waals surface area contributed by atoms with Gasteiger partial charge in [0.05, 0.1) is 6.54 Å². The van der Waals surface area contributed by atoms with Gasteiger partial charge in [-0.2, -0.15) is 0 Å². The molecule has 0 atom stereocenters. The van der Waals surface area contributed by atoms with Crippen LogP contribution < -0.4 is 10.6 Å². The fourth-order valence-electron chi connectivity index (χ4n) is 2.61. The van der Waals surface area contributed by atoms with Crippen LogP contribution in [0.2, 0.25) is 0 Å². The van der Waals surface area contributed by atoms with Crippen LogP contribution in [-0.4, -0.2) is 36.5 Å². The zero-order valence-corrected chi connectivity index (χ0v) is 12.5. The summed E-state index contributed by atoms with van der Waals surface area (Å²) in [4.78, 5) is 16.5. The lowest BCUT2D eigenvalue weighted by molar-refractivity contribution is -0.128. The molecule has 1 heterocycles. The fourth-order valence-corrected chi connectivity index (χ4v) is 2.61. The van der Waals surface area contributed by atoms with Crippen LogP contribution >= 0.6 is 0 Å². The quantitative estimate of drug-likeness (QED) is 0.894. The first-order valence-corrected chi connectivity index (χ1v) is 7.45. The lowest BCUT2D eigenvalue weighted by atomic mass is 10.1. The van der Waals surface area contributed by atoms with E-state index in [1.807, 2.05) is 17.0 Å². The van der Waals surface area contributed by atoms with Crippen LogP contribution in [0.5, 0.6) is 0 Å². The Balaban J connectivity index is 2.07. The first-order valence-electron chi connectivity index (χ1n) is 7.45. The summed E-state index contributed by atoms with van der Waals surface area (Å²) in [6.45, 7) is 7.07. The Morgan fingerprint density at radius 2 is 1.85 bits per heavy atom. The number of nitrogens with zero attached hydrogens (tertiary/aromatic N) is 2. The molecule has 0 saturated carbocycles. The Morgan fingerprint density at radius 1 is 1.25 bits per heavy atom. The van der Waals surface area contributed by atoms with E-state index in [1.54, 1.807) is 0 Å². The van der Waals surface area contributed by atoms with E-state index in [9.17, 15) is 4.79 Å². The van der Waals surface area contributed by atoms with Crippen LogP contribution in [0, 0.1) is 0 Å². The standard InChI is InChI=1S/C16H25N3O/c1-13(2)19(12-16(20)18-9-3-4-10-18)15-7-5-14(11-17)6-8-15/h5-8,13H,3-4,9-12,17H2,1-2H3. The lowest BCUT2D eigenvalue weighted by Crippen LogP contribution is -2.42. The van der Waals surface area contributed by atoms with E-state index in [1.165, 1.54) is 0 Å². The number of benzene rings is 1. The fraction of sp³-hybridized carbons (Fsp3) is 0.562. The molecule has 1 saturated heterocycles. The van der Waals surface area contributed by atoms with Gasteiger partial charge in [-0.3, -0.25) is 4.79 Å². The smallest absolute Gasteiger partial charge is 0.242 e. The van der Waals surface area contributed by atoms with Crippen LogP contribution in [0.15, 0.2) is 24.3 Å². The molecule has 0 unspecified atom stereocenters. The van der Waals surface area contributed by atoms with Gasteiger partial charge < -0.3 is 15.5 Å². The first-order chi connectivity index (χ1) is 9.61. The maximum absolute atomic E-state index is 12.3. The van der Waals surface area contributed by atoms with Gasteiger partial charge in [-0.05, 0) is 44.4 Å². The van der Waals surface area contributed by atoms with E-state index in [0.29, 0.717) is 19.1 Å². The van der Waals surface area contributed by atoms with Crippen molar-refractivity contribution in [2.75, 3.05) is 24.5 Å². The van der Waals surface area contributed by atoms with Crippen molar-refractivity contribution >= 4 is 11.6 Å². The van der Waals surface area contributed by atoms with Crippen LogP contribution in [-0.2, 0) is 11.3 Å². The molecule has 1 aliphatic heterocycles. The van der Waals surface area contributed by atoms with Gasteiger partial charge in [0.2, 0.25) is 5.91 Å². The number of anilines is 1. The van der Waals surface area contributed by atoms with Gasteiger partial charge in [-0.15, -0.1) is 0 Å². The Kier molecular flexibility index (Phi) is 5.01. The van der Waals surface area contributed by atoms with E-state index in [-0.39, 0.29) is 5.91 Å². The third-order valence-electron chi connectivity index (χ3n) is 3.89. The molecule has 1 amide bonds. The number of nitrogens with two attached hydrogens (primary N) is 1. The minimum Gasteiger partial charge on any atom is -0.360 e. The summed E-state index contributed by atoms with van der Waals surface area (Å²) in [7, 11) is 0. The molecule has 4 nitrogen and oxygen atoms in total. The summed E-state index contributed by atoms with van der Waals surface area (Å²) < 4.78 is 0. The molecule has 1 aliphatic rings. The highest BCUT2D eigenvalue weighted by Crippen LogP contribution is 2.19. The molecule has 1 aromatic rings. The van der Waals surface area contributed by atoms with E-state index in [2.05, 4.69) is 30.9 Å². The average Bonchev–Trinajstić information content (AvgIpc) is 2.98. The van der Waals surface area contributed by atoms with Crippen molar-refractivity contribution in [2.24, 2.45) is 5.73 Å². The van der Waals surface area contributed by atoms with Crippen molar-refractivity contribution in [3.8, 4) is 0 Å². The monoisotopic (exact) mass is 275 g/mol. The minimum atomic E-state index is 0.235. The van der Waals surface area contributed by atoms with Crippen molar-refractivity contribution < 1.29 is 4.79 Å². The highest BCUT2D eigenvalue weighted by atomic mass is 16.2. The number of carbonyl (C=O) groups is 1. The van der Waals surface area contributed by atoms with Crippen molar-refractivity contribution in [2.45, 2.75) is 39.3 Å². The molecular weight excluding hydrogens is 250 g/mol. The number of carbonyl (C=O) groups excluding carboxylic acids is 1. The first kappa shape index (κ1) is 14.9. The normalized spacial score (nSPS) is 14.9. The summed E-state index contributed by atoms with van der Waals surface area (Å²) in [5.41, 5.74) is 7.83. The van der Waals surface area contributed by atoms with Crippen LogP contribution in [0.3, 0.4) is 0 Å². The Bertz CT molecular complexity index is 436. The van der Waals surface area contributed by atoms with Gasteiger partial charge in [0.25, 0.3) is 0 Å². The molecule has 4 heteroatoms. The molecule has 0 aliphatic carbocycles. The predicted molar refractivity (Wildman–Crippen MR) is 82.6 cm³/mol. The SMILES string of the molecule is CC(C)N(CC(=O)N1CCCC1)c1ccc(CN)cc1. The number of hydrogen-bond donors (Lipinski definition) is 1. The summed E-state index contributed by atoms with van der Waals surface area (Å²) in [5, 5.41) is 0. The zero-order valence-electron chi connectivity index (χ0n) is 12.5. The maximum atomic E-state index is 12.3. The van der Waals surface area contributed by atoms with Crippen LogP contribution in [0.4, 0.5) is 5.69 Å². The van der Waals surface area contributed by atoms with Crippen molar-refractivity contribution in [1.82, 2.24) is 4.90 Å². The molecule has 1 aromatic carbocycles. The number of amides is 1. The van der Waals surface area contributed by atoms with Crippen LogP contribution in [0.1, 0.15) is 32.3 Å². The molecule has 0 spiro atoms. The van der Waals surface area contributed by atoms with Gasteiger partial charge in [0.15, 0.2) is 0 Å². The Morgan fingerprint density at radius 3 is 2.35 bits per heavy atom. The van der Waals surface area contributed by atoms with E-state index >= 15 is 0 Å². The second kappa shape index (κ2) is 6.75. The van der Waals surface area contributed by atoms with Gasteiger partial charge in [-0.1, -0.05) is 12.1 Å². The molecule has 0 bridgehead atoms. The van der Waals surface area contributed by atoms with Crippen molar-refractivity contribution in [1.29, 1.82) is 0 Å². The molecule has 2 N–H and O–H groups in total. The summed E-state index contributed by atoms with van der Waals surface area (Å²) in [6, 6.07) is 8.47. The highest BCUT2D eigenvalue weighted by molar-refractivity contribution is 5.81. The van der Waals surface area contributed by atoms with E-state index < -0.39 is 0 Å². The molecule has 20 heavy (non-hydrogen) atoms. The molecule has 0 radical (unpaired) electrons. The van der Waals surface area contributed by atoms with Gasteiger partial charge in [-0.25, -0.2) is 0 Å². The maximum Gasteiger partial charge on any atom is 0.242 e. The van der Waals surface area contributed by atoms with Crippen LogP contribution in [0.25, 0.3) is 0 Å². The number of rotatable bonds is 5. The molecule has 0 aromatic heterocycles. The lowest BCUT2D eigenvalue weighted by Gasteiger charge is -2.30. The van der Waals surface area contributed by atoms with E-state index in [0.717, 1.165) is 37.2 Å².